The van der Waals surface area contributed by atoms with Gasteiger partial charge in [0.25, 0.3) is 0 Å². The Kier molecular flexibility index (Phi) is 2.16. The molecule has 2 aliphatic rings. The molecule has 2 aromatic carbocycles. The first kappa shape index (κ1) is 12.5. The van der Waals surface area contributed by atoms with Crippen LogP contribution in [0.15, 0.2) is 42.5 Å². The van der Waals surface area contributed by atoms with E-state index >= 15 is 0 Å². The van der Waals surface area contributed by atoms with Gasteiger partial charge in [0.15, 0.2) is 0 Å². The second-order valence-corrected chi connectivity index (χ2v) is 7.47. The average Bonchev–Trinajstić information content (AvgIpc) is 2.85. The highest BCUT2D eigenvalue weighted by Crippen LogP contribution is 2.70. The van der Waals surface area contributed by atoms with E-state index in [9.17, 15) is 0 Å². The van der Waals surface area contributed by atoms with Crippen LogP contribution in [0.25, 0.3) is 16.5 Å². The fourth-order valence-corrected chi connectivity index (χ4v) is 4.69. The summed E-state index contributed by atoms with van der Waals surface area (Å²) in [6.45, 7) is 6.98. The summed E-state index contributed by atoms with van der Waals surface area (Å²) in [5.74, 6) is 1.55. The first-order valence-corrected chi connectivity index (χ1v) is 8.15. The van der Waals surface area contributed by atoms with Gasteiger partial charge >= 0.3 is 0 Å². The molecule has 1 heterocycles. The molecule has 0 unspecified atom stereocenters. The zero-order valence-electron chi connectivity index (χ0n) is 13.3. The maximum absolute atomic E-state index is 4.91. The van der Waals surface area contributed by atoms with E-state index in [-0.39, 0.29) is 0 Å². The minimum atomic E-state index is 0.477. The lowest BCUT2D eigenvalue weighted by Gasteiger charge is -2.12. The van der Waals surface area contributed by atoms with Gasteiger partial charge in [-0.05, 0) is 42.0 Å². The van der Waals surface area contributed by atoms with Gasteiger partial charge in [0, 0.05) is 16.6 Å². The van der Waals surface area contributed by atoms with Crippen LogP contribution >= 0.6 is 0 Å². The van der Waals surface area contributed by atoms with E-state index in [1.807, 2.05) is 0 Å². The molecule has 0 radical (unpaired) electrons. The highest BCUT2D eigenvalue weighted by molar-refractivity contribution is 5.90. The molecule has 1 saturated carbocycles. The Morgan fingerprint density at radius 1 is 1.09 bits per heavy atom. The van der Waals surface area contributed by atoms with Crippen LogP contribution < -0.4 is 0 Å². The highest BCUT2D eigenvalue weighted by atomic mass is 15.3. The van der Waals surface area contributed by atoms with Crippen LogP contribution in [0.5, 0.6) is 0 Å². The summed E-state index contributed by atoms with van der Waals surface area (Å²) in [5, 5.41) is 7.48. The smallest absolute Gasteiger partial charge is 0.0727 e. The molecule has 2 nitrogen and oxygen atoms in total. The Labute approximate surface area is 130 Å². The molecule has 110 valence electrons. The Morgan fingerprint density at radius 3 is 2.73 bits per heavy atom. The molecular formula is C20H20N2. The van der Waals surface area contributed by atoms with Crippen molar-refractivity contribution in [2.45, 2.75) is 33.1 Å². The molecule has 1 fully saturated rings. The van der Waals surface area contributed by atoms with E-state index in [1.54, 1.807) is 0 Å². The Bertz CT molecular complexity index is 911. The van der Waals surface area contributed by atoms with E-state index in [0.717, 1.165) is 11.8 Å². The normalized spacial score (nSPS) is 24.3. The van der Waals surface area contributed by atoms with E-state index in [1.165, 1.54) is 39.8 Å². The van der Waals surface area contributed by atoms with Crippen LogP contribution in [0.3, 0.4) is 0 Å². The molecule has 3 aromatic rings. The van der Waals surface area contributed by atoms with E-state index < -0.39 is 0 Å². The second kappa shape index (κ2) is 3.81. The summed E-state index contributed by atoms with van der Waals surface area (Å²) >= 11 is 0. The Balaban J connectivity index is 1.75. The predicted octanol–water partition coefficient (Wildman–Crippen LogP) is 4.63. The van der Waals surface area contributed by atoms with Gasteiger partial charge in [-0.25, -0.2) is 4.68 Å². The van der Waals surface area contributed by atoms with Crippen molar-refractivity contribution in [2.24, 2.45) is 11.3 Å². The van der Waals surface area contributed by atoms with E-state index in [2.05, 4.69) is 67.9 Å². The first-order valence-electron chi connectivity index (χ1n) is 8.15. The SMILES string of the molecule is Cc1nn(-c2cccc3ccccc23)c2c1[C@H]1[C@H](C2)C1(C)C. The third kappa shape index (κ3) is 1.38. The maximum Gasteiger partial charge on any atom is 0.0727 e. The molecule has 2 atom stereocenters. The molecule has 5 rings (SSSR count). The van der Waals surface area contributed by atoms with Crippen molar-refractivity contribution in [1.29, 1.82) is 0 Å². The highest BCUT2D eigenvalue weighted by Gasteiger charge is 2.63. The van der Waals surface area contributed by atoms with Gasteiger partial charge in [-0.2, -0.15) is 5.10 Å². The fraction of sp³-hybridized carbons (Fsp3) is 0.350. The molecule has 0 aliphatic heterocycles. The van der Waals surface area contributed by atoms with Gasteiger partial charge in [-0.15, -0.1) is 0 Å². The Hall–Kier alpha value is -2.09. The lowest BCUT2D eigenvalue weighted by Crippen LogP contribution is -2.06. The number of aryl methyl sites for hydroxylation is 1. The summed E-state index contributed by atoms with van der Waals surface area (Å²) in [6, 6.07) is 15.1. The minimum absolute atomic E-state index is 0.477. The number of aromatic nitrogens is 2. The first-order chi connectivity index (χ1) is 10.6. The molecule has 0 spiro atoms. The third-order valence-electron chi connectivity index (χ3n) is 5.98. The summed E-state index contributed by atoms with van der Waals surface area (Å²) in [6.07, 6.45) is 1.18. The van der Waals surface area contributed by atoms with Crippen molar-refractivity contribution in [3.05, 3.63) is 59.4 Å². The summed E-state index contributed by atoms with van der Waals surface area (Å²) < 4.78 is 2.22. The molecule has 22 heavy (non-hydrogen) atoms. The zero-order chi connectivity index (χ0) is 15.1. The number of hydrogen-bond donors (Lipinski definition) is 0. The molecule has 2 heteroatoms. The Morgan fingerprint density at radius 2 is 1.86 bits per heavy atom. The number of nitrogens with zero attached hydrogens (tertiary/aromatic N) is 2. The topological polar surface area (TPSA) is 17.8 Å². The van der Waals surface area contributed by atoms with Crippen LogP contribution in [0.1, 0.15) is 36.7 Å². The van der Waals surface area contributed by atoms with Crippen LogP contribution in [-0.4, -0.2) is 9.78 Å². The standard InChI is InChI=1S/C20H20N2/c1-12-18-17(11-15-19(18)20(15,2)3)22(21-12)16-10-6-8-13-7-4-5-9-14(13)16/h4-10,15,19H,11H2,1-3H3/t15-,19+/m0/s1. The lowest BCUT2D eigenvalue weighted by atomic mass is 9.98. The second-order valence-electron chi connectivity index (χ2n) is 7.47. The zero-order valence-corrected chi connectivity index (χ0v) is 13.3. The predicted molar refractivity (Wildman–Crippen MR) is 89.5 cm³/mol. The number of hydrogen-bond acceptors (Lipinski definition) is 1. The van der Waals surface area contributed by atoms with Crippen molar-refractivity contribution >= 4 is 10.8 Å². The average molecular weight is 288 g/mol. The molecule has 1 aromatic heterocycles. The van der Waals surface area contributed by atoms with Crippen LogP contribution in [0.2, 0.25) is 0 Å². The third-order valence-corrected chi connectivity index (χ3v) is 5.98. The summed E-state index contributed by atoms with van der Waals surface area (Å²) in [4.78, 5) is 0. The number of fused-ring (bicyclic) bond motifs is 4. The van der Waals surface area contributed by atoms with Gasteiger partial charge in [0.1, 0.15) is 0 Å². The molecule has 2 aliphatic carbocycles. The molecule has 0 N–H and O–H groups in total. The van der Waals surface area contributed by atoms with Crippen LogP contribution in [0.4, 0.5) is 0 Å². The van der Waals surface area contributed by atoms with Crippen molar-refractivity contribution in [3.63, 3.8) is 0 Å². The maximum atomic E-state index is 4.91. The van der Waals surface area contributed by atoms with Crippen LogP contribution in [-0.2, 0) is 6.42 Å². The summed E-state index contributed by atoms with van der Waals surface area (Å²) in [7, 11) is 0. The quantitative estimate of drug-likeness (QED) is 0.638. The van der Waals surface area contributed by atoms with Gasteiger partial charge in [0.2, 0.25) is 0 Å². The molecular weight excluding hydrogens is 268 g/mol. The van der Waals surface area contributed by atoms with E-state index in [0.29, 0.717) is 5.41 Å². The van der Waals surface area contributed by atoms with E-state index in [4.69, 9.17) is 5.10 Å². The van der Waals surface area contributed by atoms with Crippen molar-refractivity contribution < 1.29 is 0 Å². The minimum Gasteiger partial charge on any atom is -0.237 e. The lowest BCUT2D eigenvalue weighted by molar-refractivity contribution is 0.533. The van der Waals surface area contributed by atoms with Crippen molar-refractivity contribution in [2.75, 3.05) is 0 Å². The molecule has 0 bridgehead atoms. The summed E-state index contributed by atoms with van der Waals surface area (Å²) in [5.41, 5.74) is 5.90. The number of benzene rings is 2. The van der Waals surface area contributed by atoms with Gasteiger partial charge < -0.3 is 0 Å². The largest absolute Gasteiger partial charge is 0.237 e. The fourth-order valence-electron chi connectivity index (χ4n) is 4.69. The monoisotopic (exact) mass is 288 g/mol. The van der Waals surface area contributed by atoms with Crippen LogP contribution in [0, 0.1) is 18.3 Å². The van der Waals surface area contributed by atoms with Gasteiger partial charge in [-0.1, -0.05) is 50.2 Å². The number of rotatable bonds is 1. The van der Waals surface area contributed by atoms with Crippen molar-refractivity contribution in [3.8, 4) is 5.69 Å². The van der Waals surface area contributed by atoms with Gasteiger partial charge in [0.05, 0.1) is 11.4 Å². The molecule has 0 saturated heterocycles. The van der Waals surface area contributed by atoms with Gasteiger partial charge in [-0.3, -0.25) is 0 Å². The van der Waals surface area contributed by atoms with Crippen molar-refractivity contribution in [1.82, 2.24) is 9.78 Å². The molecule has 0 amide bonds.